The van der Waals surface area contributed by atoms with Crippen molar-refractivity contribution in [3.8, 4) is 11.1 Å². The van der Waals surface area contributed by atoms with Gasteiger partial charge in [-0.15, -0.1) is 11.3 Å². The summed E-state index contributed by atoms with van der Waals surface area (Å²) in [5.41, 5.74) is 1.54. The molecule has 3 fully saturated rings. The Morgan fingerprint density at radius 2 is 1.78 bits per heavy atom. The van der Waals surface area contributed by atoms with Crippen molar-refractivity contribution in [1.29, 1.82) is 0 Å². The van der Waals surface area contributed by atoms with E-state index in [2.05, 4.69) is 20.9 Å². The molecule has 0 spiro atoms. The Kier molecular flexibility index (Phi) is 7.41. The molecule has 3 aromatic rings. The van der Waals surface area contributed by atoms with E-state index < -0.39 is 38.2 Å². The average molecular weight is 601 g/mol. The highest BCUT2D eigenvalue weighted by molar-refractivity contribution is 7.93. The molecule has 1 atom stereocenters. The number of nitrogens with zero attached hydrogens (tertiary/aromatic N) is 1. The Bertz CT molecular complexity index is 1610. The molecular weight excluding hydrogens is 571 g/mol. The molecule has 3 amide bonds. The number of carbonyl (C=O) groups excluding carboxylic acids is 3. The van der Waals surface area contributed by atoms with Crippen LogP contribution < -0.4 is 16.0 Å². The van der Waals surface area contributed by atoms with Crippen LogP contribution in [0.15, 0.2) is 36.4 Å². The molecular formula is C28H29FN4O6S2. The lowest BCUT2D eigenvalue weighted by Gasteiger charge is -2.15. The minimum atomic E-state index is -3.91. The van der Waals surface area contributed by atoms with Crippen LogP contribution in [0.5, 0.6) is 0 Å². The molecule has 1 unspecified atom stereocenters. The summed E-state index contributed by atoms with van der Waals surface area (Å²) >= 11 is 1.01. The van der Waals surface area contributed by atoms with Gasteiger partial charge >= 0.3 is 6.09 Å². The van der Waals surface area contributed by atoms with Crippen molar-refractivity contribution in [3.63, 3.8) is 0 Å². The fourth-order valence-corrected chi connectivity index (χ4v) is 7.83. The SMILES string of the molecule is O=C(CNC(=O)C(c1nc2cc(F)c(-c3ccc(NC(=O)OCC4CC4)cc3)cc2s1)S(=O)(=O)C1CC1)NC1CC1. The maximum Gasteiger partial charge on any atom is 0.411 e. The second-order valence-corrected chi connectivity index (χ2v) is 14.2. The standard InChI is InChI=1S/C28H29FN4O6S2/c29-21-12-22-23(11-20(21)16-3-5-18(6-4-16)32-28(36)39-14-15-1-2-15)40-27(33-22)25(41(37,38)19-9-10-19)26(35)30-13-24(34)31-17-7-8-17/h3-6,11-12,15,17,19,25H,1-2,7-10,13-14H2,(H,30,35)(H,31,34)(H,32,36). The number of benzene rings is 2. The molecule has 1 aromatic heterocycles. The number of thiazole rings is 1. The first-order chi connectivity index (χ1) is 19.7. The van der Waals surface area contributed by atoms with Crippen molar-refractivity contribution in [2.45, 2.75) is 55.1 Å². The van der Waals surface area contributed by atoms with Gasteiger partial charge in [0.25, 0.3) is 0 Å². The topological polar surface area (TPSA) is 144 Å². The maximum atomic E-state index is 15.2. The number of fused-ring (bicyclic) bond motifs is 1. The van der Waals surface area contributed by atoms with Crippen LogP contribution in [0.25, 0.3) is 21.3 Å². The van der Waals surface area contributed by atoms with Crippen molar-refractivity contribution in [1.82, 2.24) is 15.6 Å². The van der Waals surface area contributed by atoms with Crippen LogP contribution in [0.3, 0.4) is 0 Å². The minimum Gasteiger partial charge on any atom is -0.449 e. The first-order valence-electron chi connectivity index (χ1n) is 13.6. The van der Waals surface area contributed by atoms with E-state index >= 15 is 4.39 Å². The Balaban J connectivity index is 1.21. The number of halogens is 1. The predicted molar refractivity (Wildman–Crippen MR) is 152 cm³/mol. The normalized spacial score (nSPS) is 17.6. The van der Waals surface area contributed by atoms with E-state index in [1.54, 1.807) is 30.3 Å². The van der Waals surface area contributed by atoms with E-state index in [-0.39, 0.29) is 34.6 Å². The van der Waals surface area contributed by atoms with E-state index in [0.29, 0.717) is 41.3 Å². The van der Waals surface area contributed by atoms with Crippen LogP contribution >= 0.6 is 11.3 Å². The lowest BCUT2D eigenvalue weighted by molar-refractivity contribution is -0.126. The second kappa shape index (κ2) is 11.0. The molecule has 10 nitrogen and oxygen atoms in total. The van der Waals surface area contributed by atoms with Crippen molar-refractivity contribution in [2.75, 3.05) is 18.5 Å². The van der Waals surface area contributed by atoms with E-state index in [9.17, 15) is 22.8 Å². The zero-order chi connectivity index (χ0) is 28.7. The first-order valence-corrected chi connectivity index (χ1v) is 16.0. The Morgan fingerprint density at radius 1 is 1.05 bits per heavy atom. The summed E-state index contributed by atoms with van der Waals surface area (Å²) in [7, 11) is -3.91. The summed E-state index contributed by atoms with van der Waals surface area (Å²) in [6, 6.07) is 9.48. The Morgan fingerprint density at radius 3 is 2.44 bits per heavy atom. The highest BCUT2D eigenvalue weighted by Crippen LogP contribution is 2.41. The minimum absolute atomic E-state index is 0.0350. The molecule has 1 heterocycles. The van der Waals surface area contributed by atoms with Gasteiger partial charge in [-0.05, 0) is 68.2 Å². The molecule has 0 saturated heterocycles. The van der Waals surface area contributed by atoms with Gasteiger partial charge in [0.1, 0.15) is 10.8 Å². The molecule has 3 N–H and O–H groups in total. The molecule has 2 aromatic carbocycles. The number of rotatable bonds is 11. The lowest BCUT2D eigenvalue weighted by Crippen LogP contribution is -2.41. The number of anilines is 1. The van der Waals surface area contributed by atoms with Crippen molar-refractivity contribution < 1.29 is 31.9 Å². The number of ether oxygens (including phenoxy) is 1. The van der Waals surface area contributed by atoms with Crippen LogP contribution in [0.2, 0.25) is 0 Å². The van der Waals surface area contributed by atoms with Crippen LogP contribution in [-0.4, -0.2) is 55.8 Å². The van der Waals surface area contributed by atoms with E-state index in [1.165, 1.54) is 6.07 Å². The monoisotopic (exact) mass is 600 g/mol. The number of amides is 3. The van der Waals surface area contributed by atoms with Crippen LogP contribution in [0, 0.1) is 11.7 Å². The fourth-order valence-electron chi connectivity index (χ4n) is 4.42. The van der Waals surface area contributed by atoms with Crippen LogP contribution in [-0.2, 0) is 24.2 Å². The fraction of sp³-hybridized carbons (Fsp3) is 0.429. The largest absolute Gasteiger partial charge is 0.449 e. The van der Waals surface area contributed by atoms with Gasteiger partial charge in [0.15, 0.2) is 15.1 Å². The van der Waals surface area contributed by atoms with Crippen molar-refractivity contribution in [3.05, 3.63) is 47.2 Å². The van der Waals surface area contributed by atoms with Gasteiger partial charge in [0, 0.05) is 23.4 Å². The van der Waals surface area contributed by atoms with Gasteiger partial charge in [0.2, 0.25) is 11.8 Å². The van der Waals surface area contributed by atoms with Crippen LogP contribution in [0.4, 0.5) is 14.9 Å². The Labute approximate surface area is 240 Å². The van der Waals surface area contributed by atoms with Gasteiger partial charge in [-0.3, -0.25) is 14.9 Å². The summed E-state index contributed by atoms with van der Waals surface area (Å²) in [5.74, 6) is -1.32. The summed E-state index contributed by atoms with van der Waals surface area (Å²) in [6.45, 7) is 0.0605. The van der Waals surface area contributed by atoms with E-state index in [0.717, 1.165) is 37.0 Å². The van der Waals surface area contributed by atoms with Crippen molar-refractivity contribution in [2.24, 2.45) is 5.92 Å². The number of nitrogens with one attached hydrogen (secondary N) is 3. The molecule has 3 aliphatic rings. The summed E-state index contributed by atoms with van der Waals surface area (Å²) in [6.07, 6.45) is 4.29. The van der Waals surface area contributed by atoms with Gasteiger partial charge in [-0.25, -0.2) is 22.6 Å². The third kappa shape index (κ3) is 6.51. The zero-order valence-electron chi connectivity index (χ0n) is 22.0. The predicted octanol–water partition coefficient (Wildman–Crippen LogP) is 4.07. The van der Waals surface area contributed by atoms with Gasteiger partial charge in [-0.2, -0.15) is 0 Å². The third-order valence-corrected chi connectivity index (χ3v) is 11.0. The highest BCUT2D eigenvalue weighted by atomic mass is 32.2. The highest BCUT2D eigenvalue weighted by Gasteiger charge is 2.47. The molecule has 3 aliphatic carbocycles. The maximum absolute atomic E-state index is 15.2. The molecule has 13 heteroatoms. The molecule has 3 saturated carbocycles. The Hall–Kier alpha value is -3.58. The van der Waals surface area contributed by atoms with Crippen molar-refractivity contribution >= 4 is 55.0 Å². The number of sulfone groups is 1. The van der Waals surface area contributed by atoms with Crippen LogP contribution in [0.1, 0.15) is 48.8 Å². The van der Waals surface area contributed by atoms with Gasteiger partial charge in [0.05, 0.1) is 28.6 Å². The average Bonchev–Trinajstić information content (AvgIpc) is 3.78. The molecule has 6 rings (SSSR count). The molecule has 0 bridgehead atoms. The number of carbonyl (C=O) groups is 3. The first kappa shape index (κ1) is 27.6. The molecule has 0 radical (unpaired) electrons. The lowest BCUT2D eigenvalue weighted by atomic mass is 10.0. The third-order valence-electron chi connectivity index (χ3n) is 7.23. The summed E-state index contributed by atoms with van der Waals surface area (Å²) < 4.78 is 47.4. The number of hydrogen-bond donors (Lipinski definition) is 3. The second-order valence-electron chi connectivity index (χ2n) is 10.8. The zero-order valence-corrected chi connectivity index (χ0v) is 23.7. The van der Waals surface area contributed by atoms with Gasteiger partial charge in [-0.1, -0.05) is 12.1 Å². The van der Waals surface area contributed by atoms with E-state index in [4.69, 9.17) is 4.74 Å². The number of hydrogen-bond acceptors (Lipinski definition) is 8. The molecule has 0 aliphatic heterocycles. The molecule has 41 heavy (non-hydrogen) atoms. The summed E-state index contributed by atoms with van der Waals surface area (Å²) in [4.78, 5) is 41.5. The quantitative estimate of drug-likeness (QED) is 0.301. The summed E-state index contributed by atoms with van der Waals surface area (Å²) in [5, 5.41) is 5.66. The number of aromatic nitrogens is 1. The van der Waals surface area contributed by atoms with Gasteiger partial charge < -0.3 is 15.4 Å². The van der Waals surface area contributed by atoms with E-state index in [1.807, 2.05) is 0 Å². The molecule has 216 valence electrons. The smallest absolute Gasteiger partial charge is 0.411 e.